The third kappa shape index (κ3) is 2.28. The molecule has 0 radical (unpaired) electrons. The third-order valence-corrected chi connectivity index (χ3v) is 4.29. The van der Waals surface area contributed by atoms with Crippen molar-refractivity contribution in [3.8, 4) is 0 Å². The van der Waals surface area contributed by atoms with Gasteiger partial charge in [0.15, 0.2) is 0 Å². The number of nitrogens with zero attached hydrogens (tertiary/aromatic N) is 1. The fourth-order valence-corrected chi connectivity index (χ4v) is 2.99. The van der Waals surface area contributed by atoms with Crippen LogP contribution in [0.15, 0.2) is 59.2 Å². The number of para-hydroxylation sites is 1. The van der Waals surface area contributed by atoms with Gasteiger partial charge in [-0.15, -0.1) is 0 Å². The molecule has 1 aromatic heterocycles. The highest BCUT2D eigenvalue weighted by Gasteiger charge is 2.18. The molecule has 1 N–H and O–H groups in total. The number of fused-ring (bicyclic) bond motifs is 1. The number of rotatable bonds is 3. The lowest BCUT2D eigenvalue weighted by Crippen LogP contribution is -2.05. The second-order valence-corrected chi connectivity index (χ2v) is 5.91. The molecule has 0 bridgehead atoms. The summed E-state index contributed by atoms with van der Waals surface area (Å²) in [4.78, 5) is 0. The lowest BCUT2D eigenvalue weighted by atomic mass is 9.92. The number of aliphatic hydroxyl groups is 1. The maximum atomic E-state index is 9.85. The summed E-state index contributed by atoms with van der Waals surface area (Å²) in [6, 6.07) is 16.5. The highest BCUT2D eigenvalue weighted by molar-refractivity contribution is 9.10. The van der Waals surface area contributed by atoms with Crippen LogP contribution >= 0.6 is 15.9 Å². The van der Waals surface area contributed by atoms with E-state index < -0.39 is 0 Å². The summed E-state index contributed by atoms with van der Waals surface area (Å²) >= 11 is 3.45. The molecule has 0 aliphatic carbocycles. The first-order valence-corrected chi connectivity index (χ1v) is 7.40. The predicted octanol–water partition coefficient (Wildman–Crippen LogP) is 4.07. The summed E-state index contributed by atoms with van der Waals surface area (Å²) in [5.74, 6) is 0.00852. The Morgan fingerprint density at radius 2 is 1.80 bits per heavy atom. The van der Waals surface area contributed by atoms with Crippen molar-refractivity contribution in [1.29, 1.82) is 0 Å². The number of hydrogen-bond donors (Lipinski definition) is 1. The molecule has 0 saturated carbocycles. The number of aliphatic hydroxyl groups excluding tert-OH is 1. The van der Waals surface area contributed by atoms with E-state index >= 15 is 0 Å². The lowest BCUT2D eigenvalue weighted by Gasteiger charge is -2.14. The minimum atomic E-state index is 0.00852. The smallest absolute Gasteiger partial charge is 0.0541 e. The summed E-state index contributed by atoms with van der Waals surface area (Å²) in [7, 11) is 2.04. The van der Waals surface area contributed by atoms with Gasteiger partial charge < -0.3 is 9.67 Å². The van der Waals surface area contributed by atoms with E-state index in [1.165, 1.54) is 16.5 Å². The predicted molar refractivity (Wildman–Crippen MR) is 86.0 cm³/mol. The number of aryl methyl sites for hydroxylation is 1. The van der Waals surface area contributed by atoms with Crippen LogP contribution in [0.1, 0.15) is 17.0 Å². The van der Waals surface area contributed by atoms with Crippen LogP contribution in [0.25, 0.3) is 10.9 Å². The molecule has 0 aliphatic rings. The van der Waals surface area contributed by atoms with Gasteiger partial charge >= 0.3 is 0 Å². The molecular formula is C17H16BrNO. The lowest BCUT2D eigenvalue weighted by molar-refractivity contribution is 0.281. The summed E-state index contributed by atoms with van der Waals surface area (Å²) in [6.45, 7) is 0.107. The number of halogens is 1. The van der Waals surface area contributed by atoms with Gasteiger partial charge in [0.1, 0.15) is 0 Å². The van der Waals surface area contributed by atoms with E-state index in [0.717, 1.165) is 10.0 Å². The van der Waals surface area contributed by atoms with Crippen molar-refractivity contribution in [1.82, 2.24) is 4.57 Å². The van der Waals surface area contributed by atoms with Crippen LogP contribution in [0.5, 0.6) is 0 Å². The zero-order chi connectivity index (χ0) is 14.1. The fraction of sp³-hybridized carbons (Fsp3) is 0.176. The van der Waals surface area contributed by atoms with Crippen molar-refractivity contribution in [2.45, 2.75) is 5.92 Å². The van der Waals surface area contributed by atoms with Crippen LogP contribution in [-0.4, -0.2) is 16.3 Å². The second-order valence-electron chi connectivity index (χ2n) is 5.00. The first-order valence-electron chi connectivity index (χ1n) is 6.61. The van der Waals surface area contributed by atoms with Gasteiger partial charge in [0.25, 0.3) is 0 Å². The van der Waals surface area contributed by atoms with Crippen LogP contribution in [0.3, 0.4) is 0 Å². The zero-order valence-electron chi connectivity index (χ0n) is 11.3. The van der Waals surface area contributed by atoms with Crippen LogP contribution in [-0.2, 0) is 7.05 Å². The van der Waals surface area contributed by atoms with Gasteiger partial charge in [-0.3, -0.25) is 0 Å². The van der Waals surface area contributed by atoms with Crippen molar-refractivity contribution in [2.75, 3.05) is 6.61 Å². The molecule has 3 rings (SSSR count). The van der Waals surface area contributed by atoms with E-state index in [9.17, 15) is 5.11 Å². The van der Waals surface area contributed by atoms with Crippen molar-refractivity contribution < 1.29 is 5.11 Å². The van der Waals surface area contributed by atoms with Gasteiger partial charge in [-0.1, -0.05) is 46.3 Å². The van der Waals surface area contributed by atoms with Crippen LogP contribution < -0.4 is 0 Å². The Morgan fingerprint density at radius 1 is 1.10 bits per heavy atom. The number of hydrogen-bond acceptors (Lipinski definition) is 1. The minimum absolute atomic E-state index is 0.00852. The Kier molecular flexibility index (Phi) is 3.64. The molecule has 102 valence electrons. The molecule has 0 fully saturated rings. The first-order chi connectivity index (χ1) is 9.70. The molecule has 3 aromatic rings. The highest BCUT2D eigenvalue weighted by Crippen LogP contribution is 2.32. The largest absolute Gasteiger partial charge is 0.395 e. The maximum Gasteiger partial charge on any atom is 0.0541 e. The van der Waals surface area contributed by atoms with E-state index in [1.807, 2.05) is 31.3 Å². The molecule has 1 atom stereocenters. The Hall–Kier alpha value is -1.58. The van der Waals surface area contributed by atoms with Gasteiger partial charge in [-0.05, 0) is 29.3 Å². The van der Waals surface area contributed by atoms with Crippen LogP contribution in [0.2, 0.25) is 0 Å². The highest BCUT2D eigenvalue weighted by atomic mass is 79.9. The molecular weight excluding hydrogens is 314 g/mol. The molecule has 1 heterocycles. The Balaban J connectivity index is 2.14. The quantitative estimate of drug-likeness (QED) is 0.770. The standard InChI is InChI=1S/C17H16BrNO/c1-19-10-15(14-4-2-3-5-17(14)19)16(11-20)12-6-8-13(18)9-7-12/h2-10,16,20H,11H2,1H3. The molecule has 0 spiro atoms. The van der Waals surface area contributed by atoms with E-state index in [2.05, 4.69) is 51.0 Å². The normalized spacial score (nSPS) is 12.8. The Labute approximate surface area is 126 Å². The SMILES string of the molecule is Cn1cc(C(CO)c2ccc(Br)cc2)c2ccccc21. The summed E-state index contributed by atoms with van der Waals surface area (Å²) in [5.41, 5.74) is 3.50. The molecule has 0 saturated heterocycles. The molecule has 2 nitrogen and oxygen atoms in total. The topological polar surface area (TPSA) is 25.2 Å². The summed E-state index contributed by atoms with van der Waals surface area (Å²) in [6.07, 6.45) is 2.12. The minimum Gasteiger partial charge on any atom is -0.395 e. The van der Waals surface area contributed by atoms with E-state index in [1.54, 1.807) is 0 Å². The van der Waals surface area contributed by atoms with E-state index in [4.69, 9.17) is 0 Å². The van der Waals surface area contributed by atoms with Gasteiger partial charge in [0, 0.05) is 34.5 Å². The molecule has 3 heteroatoms. The van der Waals surface area contributed by atoms with Crippen molar-refractivity contribution >= 4 is 26.8 Å². The third-order valence-electron chi connectivity index (χ3n) is 3.76. The van der Waals surface area contributed by atoms with Gasteiger partial charge in [0.2, 0.25) is 0 Å². The summed E-state index contributed by atoms with van der Waals surface area (Å²) < 4.78 is 3.17. The maximum absolute atomic E-state index is 9.85. The molecule has 0 aliphatic heterocycles. The van der Waals surface area contributed by atoms with Crippen molar-refractivity contribution in [3.63, 3.8) is 0 Å². The zero-order valence-corrected chi connectivity index (χ0v) is 12.8. The van der Waals surface area contributed by atoms with Crippen LogP contribution in [0.4, 0.5) is 0 Å². The van der Waals surface area contributed by atoms with Gasteiger partial charge in [-0.2, -0.15) is 0 Å². The molecule has 0 amide bonds. The number of benzene rings is 2. The van der Waals surface area contributed by atoms with Crippen molar-refractivity contribution in [2.24, 2.45) is 7.05 Å². The average molecular weight is 330 g/mol. The molecule has 2 aromatic carbocycles. The molecule has 20 heavy (non-hydrogen) atoms. The molecule has 1 unspecified atom stereocenters. The van der Waals surface area contributed by atoms with E-state index in [0.29, 0.717) is 0 Å². The number of aromatic nitrogens is 1. The van der Waals surface area contributed by atoms with E-state index in [-0.39, 0.29) is 12.5 Å². The van der Waals surface area contributed by atoms with Crippen molar-refractivity contribution in [3.05, 3.63) is 70.3 Å². The van der Waals surface area contributed by atoms with Crippen LogP contribution in [0, 0.1) is 0 Å². The monoisotopic (exact) mass is 329 g/mol. The Morgan fingerprint density at radius 3 is 2.50 bits per heavy atom. The Bertz CT molecular complexity index is 730. The summed E-state index contributed by atoms with van der Waals surface area (Å²) in [5, 5.41) is 11.1. The first kappa shape index (κ1) is 13.4. The van der Waals surface area contributed by atoms with Gasteiger partial charge in [0.05, 0.1) is 6.61 Å². The fourth-order valence-electron chi connectivity index (χ4n) is 2.73. The second kappa shape index (κ2) is 5.43. The average Bonchev–Trinajstić information content (AvgIpc) is 2.80. The van der Waals surface area contributed by atoms with Gasteiger partial charge in [-0.25, -0.2) is 0 Å².